The molecule has 0 unspecified atom stereocenters. The molecule has 1 amide bonds. The van der Waals surface area contributed by atoms with Crippen LogP contribution in [-0.4, -0.2) is 27.2 Å². The lowest BCUT2D eigenvalue weighted by atomic mass is 10.0. The standard InChI is InChI=1S/C16H22N2O4S/c1-11(17-16(19)14-8-6-10-22-12(14)2)13-7-4-5-9-15(13)18-23(3,20)21/h4-5,7,9,11,18H,6,8,10H2,1-3H3,(H,17,19)/t11-/m0/s1. The van der Waals surface area contributed by atoms with Gasteiger partial charge >= 0.3 is 0 Å². The Bertz CT molecular complexity index is 725. The van der Waals surface area contributed by atoms with Crippen LogP contribution in [0, 0.1) is 0 Å². The van der Waals surface area contributed by atoms with Crippen LogP contribution in [0.3, 0.4) is 0 Å². The van der Waals surface area contributed by atoms with Gasteiger partial charge in [-0.15, -0.1) is 0 Å². The van der Waals surface area contributed by atoms with Crippen LogP contribution in [0.5, 0.6) is 0 Å². The molecule has 2 rings (SSSR count). The van der Waals surface area contributed by atoms with E-state index in [0.29, 0.717) is 35.6 Å². The zero-order valence-electron chi connectivity index (χ0n) is 13.5. The van der Waals surface area contributed by atoms with Gasteiger partial charge in [-0.2, -0.15) is 0 Å². The van der Waals surface area contributed by atoms with Gasteiger partial charge in [0.1, 0.15) is 5.76 Å². The Kier molecular flexibility index (Phi) is 5.30. The Hall–Kier alpha value is -2.02. The van der Waals surface area contributed by atoms with Crippen LogP contribution >= 0.6 is 0 Å². The fourth-order valence-corrected chi connectivity index (χ4v) is 3.12. The number of nitrogens with one attached hydrogen (secondary N) is 2. The molecule has 1 aliphatic rings. The summed E-state index contributed by atoms with van der Waals surface area (Å²) in [6.45, 7) is 4.25. The van der Waals surface area contributed by atoms with Crippen LogP contribution in [0.1, 0.15) is 38.3 Å². The Morgan fingerprint density at radius 2 is 2.00 bits per heavy atom. The average Bonchev–Trinajstić information content (AvgIpc) is 2.46. The molecule has 0 aromatic heterocycles. The van der Waals surface area contributed by atoms with Crippen molar-refractivity contribution in [2.45, 2.75) is 32.7 Å². The van der Waals surface area contributed by atoms with Gasteiger partial charge in [-0.05, 0) is 38.3 Å². The van der Waals surface area contributed by atoms with Gasteiger partial charge in [0.2, 0.25) is 10.0 Å². The van der Waals surface area contributed by atoms with Gasteiger partial charge in [-0.25, -0.2) is 8.42 Å². The molecule has 126 valence electrons. The molecule has 23 heavy (non-hydrogen) atoms. The summed E-state index contributed by atoms with van der Waals surface area (Å²) >= 11 is 0. The Balaban J connectivity index is 2.18. The van der Waals surface area contributed by atoms with Crippen molar-refractivity contribution in [2.75, 3.05) is 17.6 Å². The molecule has 6 nitrogen and oxygen atoms in total. The summed E-state index contributed by atoms with van der Waals surface area (Å²) in [5.74, 6) is 0.479. The maximum absolute atomic E-state index is 12.4. The van der Waals surface area contributed by atoms with Gasteiger partial charge < -0.3 is 10.1 Å². The van der Waals surface area contributed by atoms with E-state index >= 15 is 0 Å². The van der Waals surface area contributed by atoms with Gasteiger partial charge in [0.25, 0.3) is 5.91 Å². The van der Waals surface area contributed by atoms with Crippen molar-refractivity contribution in [1.29, 1.82) is 0 Å². The third kappa shape index (κ3) is 4.72. The largest absolute Gasteiger partial charge is 0.498 e. The average molecular weight is 338 g/mol. The fourth-order valence-electron chi connectivity index (χ4n) is 2.54. The number of rotatable bonds is 5. The summed E-state index contributed by atoms with van der Waals surface area (Å²) in [7, 11) is -3.38. The summed E-state index contributed by atoms with van der Waals surface area (Å²) < 4.78 is 30.8. The number of benzene rings is 1. The van der Waals surface area contributed by atoms with Gasteiger partial charge in [-0.1, -0.05) is 18.2 Å². The molecule has 0 spiro atoms. The molecular formula is C16H22N2O4S. The molecule has 1 aliphatic heterocycles. The lowest BCUT2D eigenvalue weighted by Gasteiger charge is -2.22. The zero-order chi connectivity index (χ0) is 17.0. The minimum Gasteiger partial charge on any atom is -0.498 e. The smallest absolute Gasteiger partial charge is 0.251 e. The lowest BCUT2D eigenvalue weighted by molar-refractivity contribution is -0.118. The summed E-state index contributed by atoms with van der Waals surface area (Å²) in [5, 5.41) is 2.91. The monoisotopic (exact) mass is 338 g/mol. The van der Waals surface area contributed by atoms with Crippen LogP contribution < -0.4 is 10.0 Å². The molecule has 0 fully saturated rings. The van der Waals surface area contributed by atoms with E-state index in [1.807, 2.05) is 6.92 Å². The number of ether oxygens (including phenoxy) is 1. The summed E-state index contributed by atoms with van der Waals surface area (Å²) in [5.41, 5.74) is 1.83. The highest BCUT2D eigenvalue weighted by Crippen LogP contribution is 2.25. The zero-order valence-corrected chi connectivity index (χ0v) is 14.4. The third-order valence-corrected chi connectivity index (χ3v) is 4.25. The van der Waals surface area contributed by atoms with Gasteiger partial charge in [0.05, 0.1) is 30.2 Å². The third-order valence-electron chi connectivity index (χ3n) is 3.66. The van der Waals surface area contributed by atoms with Crippen molar-refractivity contribution in [3.05, 3.63) is 41.2 Å². The maximum atomic E-state index is 12.4. The predicted octanol–water partition coefficient (Wildman–Crippen LogP) is 2.32. The normalized spacial score (nSPS) is 16.5. The van der Waals surface area contributed by atoms with E-state index in [0.717, 1.165) is 12.7 Å². The van der Waals surface area contributed by atoms with E-state index < -0.39 is 10.0 Å². The molecule has 0 aliphatic carbocycles. The van der Waals surface area contributed by atoms with E-state index in [1.165, 1.54) is 0 Å². The highest BCUT2D eigenvalue weighted by Gasteiger charge is 2.21. The van der Waals surface area contributed by atoms with Gasteiger partial charge in [-0.3, -0.25) is 9.52 Å². The first-order chi connectivity index (χ1) is 10.8. The number of amides is 1. The molecule has 2 N–H and O–H groups in total. The molecule has 7 heteroatoms. The number of carbonyl (C=O) groups excluding carboxylic acids is 1. The second kappa shape index (κ2) is 7.04. The number of para-hydroxylation sites is 1. The second-order valence-electron chi connectivity index (χ2n) is 5.64. The molecule has 0 bridgehead atoms. The van der Waals surface area contributed by atoms with Crippen molar-refractivity contribution in [3.8, 4) is 0 Å². The molecule has 0 radical (unpaired) electrons. The molecule has 1 aromatic rings. The van der Waals surface area contributed by atoms with Crippen LogP contribution in [-0.2, 0) is 19.6 Å². The summed E-state index contributed by atoms with van der Waals surface area (Å²) in [4.78, 5) is 12.4. The van der Waals surface area contributed by atoms with E-state index in [2.05, 4.69) is 10.0 Å². The van der Waals surface area contributed by atoms with Gasteiger partial charge in [0, 0.05) is 0 Å². The SMILES string of the molecule is CC1=C(C(=O)N[C@@H](C)c2ccccc2NS(C)(=O)=O)CCCO1. The number of allylic oxidation sites excluding steroid dienone is 1. The lowest BCUT2D eigenvalue weighted by Crippen LogP contribution is -2.30. The Morgan fingerprint density at radius 3 is 2.65 bits per heavy atom. The van der Waals surface area contributed by atoms with Crippen LogP contribution in [0.25, 0.3) is 0 Å². The first-order valence-electron chi connectivity index (χ1n) is 7.48. The molecule has 1 aromatic carbocycles. The minimum atomic E-state index is -3.38. The quantitative estimate of drug-likeness (QED) is 0.863. The number of anilines is 1. The van der Waals surface area contributed by atoms with E-state index in [1.54, 1.807) is 31.2 Å². The molecule has 0 saturated carbocycles. The molecule has 1 heterocycles. The van der Waals surface area contributed by atoms with Crippen molar-refractivity contribution in [2.24, 2.45) is 0 Å². The summed E-state index contributed by atoms with van der Waals surface area (Å²) in [6, 6.07) is 6.67. The minimum absolute atomic E-state index is 0.177. The van der Waals surface area contributed by atoms with Gasteiger partial charge in [0.15, 0.2) is 0 Å². The van der Waals surface area contributed by atoms with Crippen molar-refractivity contribution >= 4 is 21.6 Å². The Morgan fingerprint density at radius 1 is 1.30 bits per heavy atom. The van der Waals surface area contributed by atoms with Crippen LogP contribution in [0.15, 0.2) is 35.6 Å². The maximum Gasteiger partial charge on any atom is 0.251 e. The first kappa shape index (κ1) is 17.3. The van der Waals surface area contributed by atoms with Crippen molar-refractivity contribution < 1.29 is 17.9 Å². The van der Waals surface area contributed by atoms with Crippen molar-refractivity contribution in [1.82, 2.24) is 5.32 Å². The molecule has 0 saturated heterocycles. The highest BCUT2D eigenvalue weighted by molar-refractivity contribution is 7.92. The van der Waals surface area contributed by atoms with E-state index in [4.69, 9.17) is 4.74 Å². The second-order valence-corrected chi connectivity index (χ2v) is 7.39. The topological polar surface area (TPSA) is 84.5 Å². The number of sulfonamides is 1. The van der Waals surface area contributed by atoms with Crippen LogP contribution in [0.2, 0.25) is 0 Å². The van der Waals surface area contributed by atoms with Crippen LogP contribution in [0.4, 0.5) is 5.69 Å². The van der Waals surface area contributed by atoms with E-state index in [9.17, 15) is 13.2 Å². The number of carbonyl (C=O) groups is 1. The van der Waals surface area contributed by atoms with E-state index in [-0.39, 0.29) is 11.9 Å². The van der Waals surface area contributed by atoms with Crippen molar-refractivity contribution in [3.63, 3.8) is 0 Å². The highest BCUT2D eigenvalue weighted by atomic mass is 32.2. The fraction of sp³-hybridized carbons (Fsp3) is 0.438. The molecule has 1 atom stereocenters. The summed E-state index contributed by atoms with van der Waals surface area (Å²) in [6.07, 6.45) is 2.61. The molecular weight excluding hydrogens is 316 g/mol. The first-order valence-corrected chi connectivity index (χ1v) is 9.37. The number of hydrogen-bond donors (Lipinski definition) is 2. The number of hydrogen-bond acceptors (Lipinski definition) is 4. The predicted molar refractivity (Wildman–Crippen MR) is 89.4 cm³/mol. The Labute approximate surface area is 137 Å².